The quantitative estimate of drug-likeness (QED) is 0.743. The Kier molecular flexibility index (Phi) is 8.56. The van der Waals surface area contributed by atoms with Crippen LogP contribution in [0.4, 0.5) is 0 Å². The zero-order chi connectivity index (χ0) is 18.6. The van der Waals surface area contributed by atoms with Crippen LogP contribution in [0.25, 0.3) is 0 Å². The smallest absolute Gasteiger partial charge is 0.243 e. The van der Waals surface area contributed by atoms with E-state index >= 15 is 0 Å². The second kappa shape index (κ2) is 10.2. The average molecular weight is 416 g/mol. The first kappa shape index (κ1) is 22.6. The summed E-state index contributed by atoms with van der Waals surface area (Å²) in [5, 5.41) is 3.37. The summed E-state index contributed by atoms with van der Waals surface area (Å²) in [5.41, 5.74) is 1.17. The minimum absolute atomic E-state index is 0. The van der Waals surface area contributed by atoms with E-state index in [0.717, 1.165) is 45.6 Å². The lowest BCUT2D eigenvalue weighted by Crippen LogP contribution is -2.50. The summed E-state index contributed by atoms with van der Waals surface area (Å²) >= 11 is 0. The molecule has 5 nitrogen and oxygen atoms in total. The molecule has 0 spiro atoms. The van der Waals surface area contributed by atoms with Crippen molar-refractivity contribution < 1.29 is 8.42 Å². The van der Waals surface area contributed by atoms with Gasteiger partial charge in [0.05, 0.1) is 4.90 Å². The van der Waals surface area contributed by atoms with Gasteiger partial charge in [0.25, 0.3) is 0 Å². The molecular weight excluding hydrogens is 382 g/mol. The number of halogens is 1. The van der Waals surface area contributed by atoms with Gasteiger partial charge >= 0.3 is 0 Å². The van der Waals surface area contributed by atoms with E-state index < -0.39 is 10.0 Å². The molecule has 2 fully saturated rings. The van der Waals surface area contributed by atoms with Crippen LogP contribution in [0.5, 0.6) is 0 Å². The highest BCUT2D eigenvalue weighted by Gasteiger charge is 2.32. The van der Waals surface area contributed by atoms with Gasteiger partial charge in [0.1, 0.15) is 0 Å². The Morgan fingerprint density at radius 1 is 1.15 bits per heavy atom. The molecule has 0 aliphatic carbocycles. The Hall–Kier alpha value is -0.660. The molecule has 0 aromatic heterocycles. The third-order valence-electron chi connectivity index (χ3n) is 5.67. The number of piperidine rings is 1. The van der Waals surface area contributed by atoms with Gasteiger partial charge in [-0.15, -0.1) is 12.4 Å². The maximum absolute atomic E-state index is 13.4. The molecule has 3 rings (SSSR count). The maximum atomic E-state index is 13.4. The molecule has 154 valence electrons. The van der Waals surface area contributed by atoms with Crippen molar-refractivity contribution in [1.82, 2.24) is 14.5 Å². The first-order valence-electron chi connectivity index (χ1n) is 10.0. The standard InChI is InChI=1S/C20H33N3O2S.ClH/c1-17(2)18-7-9-20(10-8-18)26(24,25)23(19-6-5-11-21-16-19)15-14-22-12-3-4-13-22;/h7-10,17,19,21H,3-6,11-16H2,1-2H3;1H. The fraction of sp³-hybridized carbons (Fsp3) is 0.700. The molecular formula is C20H34ClN3O2S. The number of nitrogens with zero attached hydrogens (tertiary/aromatic N) is 2. The molecule has 27 heavy (non-hydrogen) atoms. The van der Waals surface area contributed by atoms with Crippen molar-refractivity contribution in [1.29, 1.82) is 0 Å². The van der Waals surface area contributed by atoms with Crippen molar-refractivity contribution in [3.8, 4) is 0 Å². The number of benzene rings is 1. The molecule has 2 saturated heterocycles. The molecule has 1 unspecified atom stereocenters. The van der Waals surface area contributed by atoms with Gasteiger partial charge < -0.3 is 10.2 Å². The van der Waals surface area contributed by atoms with Crippen LogP contribution in [-0.4, -0.2) is 62.9 Å². The van der Waals surface area contributed by atoms with Crippen LogP contribution in [-0.2, 0) is 10.0 Å². The zero-order valence-electron chi connectivity index (χ0n) is 16.6. The Balaban J connectivity index is 0.00000261. The van der Waals surface area contributed by atoms with Crippen molar-refractivity contribution >= 4 is 22.4 Å². The minimum Gasteiger partial charge on any atom is -0.315 e. The van der Waals surface area contributed by atoms with Crippen LogP contribution in [0, 0.1) is 0 Å². The van der Waals surface area contributed by atoms with Crippen molar-refractivity contribution in [3.05, 3.63) is 29.8 Å². The van der Waals surface area contributed by atoms with E-state index in [1.165, 1.54) is 18.4 Å². The van der Waals surface area contributed by atoms with E-state index in [4.69, 9.17) is 0 Å². The molecule has 0 bridgehead atoms. The number of rotatable bonds is 7. The summed E-state index contributed by atoms with van der Waals surface area (Å²) in [6.45, 7) is 9.60. The molecule has 2 aliphatic rings. The molecule has 0 saturated carbocycles. The van der Waals surface area contributed by atoms with Gasteiger partial charge in [-0.05, 0) is 68.9 Å². The van der Waals surface area contributed by atoms with Gasteiger partial charge in [-0.2, -0.15) is 4.31 Å². The molecule has 1 aromatic carbocycles. The zero-order valence-corrected chi connectivity index (χ0v) is 18.2. The summed E-state index contributed by atoms with van der Waals surface area (Å²) in [7, 11) is -3.47. The van der Waals surface area contributed by atoms with E-state index in [9.17, 15) is 8.42 Å². The fourth-order valence-electron chi connectivity index (χ4n) is 3.98. The van der Waals surface area contributed by atoms with E-state index in [-0.39, 0.29) is 18.4 Å². The monoisotopic (exact) mass is 415 g/mol. The van der Waals surface area contributed by atoms with Gasteiger partial charge in [0.2, 0.25) is 10.0 Å². The first-order chi connectivity index (χ1) is 12.5. The summed E-state index contributed by atoms with van der Waals surface area (Å²) < 4.78 is 28.6. The molecule has 1 N–H and O–H groups in total. The van der Waals surface area contributed by atoms with Crippen molar-refractivity contribution in [2.75, 3.05) is 39.3 Å². The van der Waals surface area contributed by atoms with Crippen molar-refractivity contribution in [2.24, 2.45) is 0 Å². The third kappa shape index (κ3) is 5.67. The van der Waals surface area contributed by atoms with Crippen molar-refractivity contribution in [3.63, 3.8) is 0 Å². The predicted molar refractivity (Wildman–Crippen MR) is 113 cm³/mol. The van der Waals surface area contributed by atoms with Gasteiger partial charge in [0, 0.05) is 25.7 Å². The molecule has 0 amide bonds. The Labute approximate surface area is 171 Å². The largest absolute Gasteiger partial charge is 0.315 e. The Morgan fingerprint density at radius 3 is 2.37 bits per heavy atom. The molecule has 2 heterocycles. The summed E-state index contributed by atoms with van der Waals surface area (Å²) in [4.78, 5) is 2.81. The van der Waals surface area contributed by atoms with Gasteiger partial charge in [-0.1, -0.05) is 26.0 Å². The van der Waals surface area contributed by atoms with Crippen LogP contribution in [0.3, 0.4) is 0 Å². The number of hydrogen-bond acceptors (Lipinski definition) is 4. The average Bonchev–Trinajstić information content (AvgIpc) is 3.16. The third-order valence-corrected chi connectivity index (χ3v) is 7.63. The highest BCUT2D eigenvalue weighted by Crippen LogP contribution is 2.24. The van der Waals surface area contributed by atoms with Crippen molar-refractivity contribution in [2.45, 2.75) is 56.4 Å². The summed E-state index contributed by atoms with van der Waals surface area (Å²) in [5.74, 6) is 0.403. The lowest BCUT2D eigenvalue weighted by Gasteiger charge is -2.34. The summed E-state index contributed by atoms with van der Waals surface area (Å²) in [6.07, 6.45) is 4.44. The minimum atomic E-state index is -3.47. The number of hydrogen-bond donors (Lipinski definition) is 1. The van der Waals surface area contributed by atoms with Crippen LogP contribution in [0.1, 0.15) is 51.0 Å². The Morgan fingerprint density at radius 2 is 1.81 bits per heavy atom. The Bertz CT molecular complexity index is 667. The molecule has 1 atom stereocenters. The summed E-state index contributed by atoms with van der Waals surface area (Å²) in [6, 6.07) is 7.53. The van der Waals surface area contributed by atoms with Crippen LogP contribution < -0.4 is 5.32 Å². The predicted octanol–water partition coefficient (Wildman–Crippen LogP) is 3.07. The molecule has 1 aromatic rings. The van der Waals surface area contributed by atoms with Crippen LogP contribution in [0.2, 0.25) is 0 Å². The molecule has 0 radical (unpaired) electrons. The highest BCUT2D eigenvalue weighted by atomic mass is 35.5. The second-order valence-electron chi connectivity index (χ2n) is 7.89. The number of likely N-dealkylation sites (tertiary alicyclic amines) is 1. The lowest BCUT2D eigenvalue weighted by molar-refractivity contribution is 0.231. The highest BCUT2D eigenvalue weighted by molar-refractivity contribution is 7.89. The van der Waals surface area contributed by atoms with Gasteiger partial charge in [-0.3, -0.25) is 0 Å². The van der Waals surface area contributed by atoms with E-state index in [2.05, 4.69) is 24.1 Å². The maximum Gasteiger partial charge on any atom is 0.243 e. The van der Waals surface area contributed by atoms with E-state index in [1.807, 2.05) is 12.1 Å². The molecule has 2 aliphatic heterocycles. The normalized spacial score (nSPS) is 21.6. The van der Waals surface area contributed by atoms with Crippen LogP contribution in [0.15, 0.2) is 29.2 Å². The SMILES string of the molecule is CC(C)c1ccc(S(=O)(=O)N(CCN2CCCC2)C2CCCNC2)cc1.Cl. The van der Waals surface area contributed by atoms with Gasteiger partial charge in [0.15, 0.2) is 0 Å². The van der Waals surface area contributed by atoms with Crippen LogP contribution >= 0.6 is 12.4 Å². The molecule has 7 heteroatoms. The number of sulfonamides is 1. The fourth-order valence-corrected chi connectivity index (χ4v) is 5.63. The topological polar surface area (TPSA) is 52.7 Å². The number of nitrogens with one attached hydrogen (secondary N) is 1. The first-order valence-corrected chi connectivity index (χ1v) is 11.5. The van der Waals surface area contributed by atoms with E-state index in [1.54, 1.807) is 16.4 Å². The lowest BCUT2D eigenvalue weighted by atomic mass is 10.0. The van der Waals surface area contributed by atoms with Gasteiger partial charge in [-0.25, -0.2) is 8.42 Å². The van der Waals surface area contributed by atoms with E-state index in [0.29, 0.717) is 17.4 Å². The second-order valence-corrected chi connectivity index (χ2v) is 9.78.